The highest BCUT2D eigenvalue weighted by atomic mass is 79.9. The van der Waals surface area contributed by atoms with E-state index in [4.69, 9.17) is 14.9 Å². The van der Waals surface area contributed by atoms with E-state index in [2.05, 4.69) is 31.9 Å². The first-order valence-electron chi connectivity index (χ1n) is 5.40. The second kappa shape index (κ2) is 6.02. The summed E-state index contributed by atoms with van der Waals surface area (Å²) in [5, 5.41) is 0. The van der Waals surface area contributed by atoms with Crippen LogP contribution in [-0.4, -0.2) is 7.11 Å². The molecular weight excluding hydrogens is 362 g/mol. The van der Waals surface area contributed by atoms with Crippen LogP contribution in [0.3, 0.4) is 0 Å². The van der Waals surface area contributed by atoms with Crippen LogP contribution < -0.4 is 5.73 Å². The van der Waals surface area contributed by atoms with Crippen molar-refractivity contribution in [3.8, 4) is 0 Å². The fourth-order valence-corrected chi connectivity index (χ4v) is 2.56. The normalized spacial score (nSPS) is 12.7. The average Bonchev–Trinajstić information content (AvgIpc) is 2.80. The highest BCUT2D eigenvalue weighted by Gasteiger charge is 2.16. The van der Waals surface area contributed by atoms with E-state index < -0.39 is 0 Å². The summed E-state index contributed by atoms with van der Waals surface area (Å²) < 4.78 is 12.6. The number of hydrogen-bond donors (Lipinski definition) is 1. The summed E-state index contributed by atoms with van der Waals surface area (Å²) >= 11 is 6.94. The van der Waals surface area contributed by atoms with Gasteiger partial charge in [-0.25, -0.2) is 0 Å². The van der Waals surface area contributed by atoms with Gasteiger partial charge in [-0.2, -0.15) is 0 Å². The molecule has 0 aliphatic rings. The lowest BCUT2D eigenvalue weighted by atomic mass is 10.1. The number of hydrogen-bond acceptors (Lipinski definition) is 3. The second-order valence-electron chi connectivity index (χ2n) is 3.88. The van der Waals surface area contributed by atoms with Gasteiger partial charge in [0.15, 0.2) is 0 Å². The van der Waals surface area contributed by atoms with Crippen molar-refractivity contribution in [3.63, 3.8) is 0 Å². The third kappa shape index (κ3) is 3.03. The van der Waals surface area contributed by atoms with E-state index in [1.165, 1.54) is 0 Å². The molecule has 3 nitrogen and oxygen atoms in total. The third-order valence-electron chi connectivity index (χ3n) is 2.57. The first kappa shape index (κ1) is 13.8. The first-order valence-corrected chi connectivity index (χ1v) is 6.98. The monoisotopic (exact) mass is 373 g/mol. The molecule has 2 N–H and O–H groups in total. The number of ether oxygens (including phenoxy) is 1. The Morgan fingerprint density at radius 3 is 2.78 bits per heavy atom. The van der Waals surface area contributed by atoms with Crippen molar-refractivity contribution in [1.82, 2.24) is 0 Å². The lowest BCUT2D eigenvalue weighted by Crippen LogP contribution is -2.11. The molecule has 2 aromatic rings. The number of methoxy groups -OCH3 is 1. The van der Waals surface area contributed by atoms with Crippen molar-refractivity contribution >= 4 is 31.9 Å². The molecule has 1 unspecified atom stereocenters. The van der Waals surface area contributed by atoms with Crippen molar-refractivity contribution in [2.24, 2.45) is 5.73 Å². The minimum atomic E-state index is -0.303. The number of benzene rings is 1. The third-order valence-corrected chi connectivity index (χ3v) is 3.78. The summed E-state index contributed by atoms with van der Waals surface area (Å²) in [7, 11) is 1.63. The fourth-order valence-electron chi connectivity index (χ4n) is 1.69. The zero-order valence-corrected chi connectivity index (χ0v) is 13.0. The molecule has 96 valence electrons. The van der Waals surface area contributed by atoms with E-state index in [0.29, 0.717) is 6.61 Å². The van der Waals surface area contributed by atoms with Crippen LogP contribution in [0.1, 0.15) is 23.1 Å². The molecule has 0 fully saturated rings. The minimum absolute atomic E-state index is 0.303. The van der Waals surface area contributed by atoms with Gasteiger partial charge in [0.05, 0.1) is 6.04 Å². The van der Waals surface area contributed by atoms with E-state index in [1.54, 1.807) is 7.11 Å². The standard InChI is InChI=1S/C13H13Br2NO2/c1-17-7-9-3-5-12(18-9)13(16)10-6-8(14)2-4-11(10)15/h2-6,13H,7,16H2,1H3. The van der Waals surface area contributed by atoms with Crippen molar-refractivity contribution in [1.29, 1.82) is 0 Å². The number of nitrogens with two attached hydrogens (primary N) is 1. The molecule has 0 amide bonds. The summed E-state index contributed by atoms with van der Waals surface area (Å²) in [5.74, 6) is 1.50. The molecule has 0 aliphatic carbocycles. The second-order valence-corrected chi connectivity index (χ2v) is 5.65. The lowest BCUT2D eigenvalue weighted by molar-refractivity contribution is 0.162. The van der Waals surface area contributed by atoms with Gasteiger partial charge in [0.1, 0.15) is 18.1 Å². The van der Waals surface area contributed by atoms with E-state index >= 15 is 0 Å². The Kier molecular flexibility index (Phi) is 4.61. The summed E-state index contributed by atoms with van der Waals surface area (Å²) in [4.78, 5) is 0. The van der Waals surface area contributed by atoms with Gasteiger partial charge in [0.25, 0.3) is 0 Å². The average molecular weight is 375 g/mol. The maximum absolute atomic E-state index is 6.21. The first-order chi connectivity index (χ1) is 8.61. The number of furan rings is 1. The predicted molar refractivity (Wildman–Crippen MR) is 77.3 cm³/mol. The molecule has 5 heteroatoms. The number of halogens is 2. The van der Waals surface area contributed by atoms with Crippen molar-refractivity contribution < 1.29 is 9.15 Å². The fraction of sp³-hybridized carbons (Fsp3) is 0.231. The van der Waals surface area contributed by atoms with Crippen LogP contribution >= 0.6 is 31.9 Å². The smallest absolute Gasteiger partial charge is 0.129 e. The maximum Gasteiger partial charge on any atom is 0.129 e. The van der Waals surface area contributed by atoms with Crippen molar-refractivity contribution in [2.75, 3.05) is 7.11 Å². The van der Waals surface area contributed by atoms with E-state index in [-0.39, 0.29) is 6.04 Å². The Morgan fingerprint density at radius 1 is 1.28 bits per heavy atom. The summed E-state index contributed by atoms with van der Waals surface area (Å²) in [6, 6.07) is 9.35. The molecule has 0 aliphatic heterocycles. The van der Waals surface area contributed by atoms with E-state index in [1.807, 2.05) is 30.3 Å². The van der Waals surface area contributed by atoms with Gasteiger partial charge in [0, 0.05) is 16.1 Å². The molecule has 2 rings (SSSR count). The molecule has 1 aromatic heterocycles. The maximum atomic E-state index is 6.21. The minimum Gasteiger partial charge on any atom is -0.462 e. The SMILES string of the molecule is COCc1ccc(C(N)c2cc(Br)ccc2Br)o1. The Hall–Kier alpha value is -0.620. The van der Waals surface area contributed by atoms with Crippen LogP contribution in [0.2, 0.25) is 0 Å². The molecule has 18 heavy (non-hydrogen) atoms. The van der Waals surface area contributed by atoms with Crippen LogP contribution in [0.25, 0.3) is 0 Å². The molecule has 0 bridgehead atoms. The van der Waals surface area contributed by atoms with Gasteiger partial charge in [-0.05, 0) is 35.9 Å². The Morgan fingerprint density at radius 2 is 2.06 bits per heavy atom. The van der Waals surface area contributed by atoms with Crippen molar-refractivity contribution in [2.45, 2.75) is 12.6 Å². The van der Waals surface area contributed by atoms with Crippen molar-refractivity contribution in [3.05, 3.63) is 56.4 Å². The predicted octanol–water partition coefficient (Wildman–Crippen LogP) is 4.00. The highest BCUT2D eigenvalue weighted by molar-refractivity contribution is 9.11. The summed E-state index contributed by atoms with van der Waals surface area (Å²) in [5.41, 5.74) is 7.18. The van der Waals surface area contributed by atoms with Gasteiger partial charge in [-0.3, -0.25) is 0 Å². The van der Waals surface area contributed by atoms with E-state index in [9.17, 15) is 0 Å². The molecule has 0 saturated carbocycles. The molecule has 0 radical (unpaired) electrons. The van der Waals surface area contributed by atoms with Gasteiger partial charge in [-0.1, -0.05) is 31.9 Å². The van der Waals surface area contributed by atoms with Gasteiger partial charge in [0.2, 0.25) is 0 Å². The molecule has 0 saturated heterocycles. The molecule has 1 heterocycles. The Labute approximate surface area is 123 Å². The Bertz CT molecular complexity index is 540. The zero-order valence-electron chi connectivity index (χ0n) is 9.82. The van der Waals surface area contributed by atoms with Crippen LogP contribution in [-0.2, 0) is 11.3 Å². The zero-order chi connectivity index (χ0) is 13.1. The molecule has 1 aromatic carbocycles. The van der Waals surface area contributed by atoms with Crippen LogP contribution in [0.4, 0.5) is 0 Å². The van der Waals surface area contributed by atoms with E-state index in [0.717, 1.165) is 26.0 Å². The quantitative estimate of drug-likeness (QED) is 0.879. The van der Waals surface area contributed by atoms with Crippen LogP contribution in [0.15, 0.2) is 43.7 Å². The van der Waals surface area contributed by atoms with Crippen LogP contribution in [0.5, 0.6) is 0 Å². The molecule has 0 spiro atoms. The van der Waals surface area contributed by atoms with Gasteiger partial charge >= 0.3 is 0 Å². The summed E-state index contributed by atoms with van der Waals surface area (Å²) in [6.45, 7) is 0.451. The number of rotatable bonds is 4. The van der Waals surface area contributed by atoms with Gasteiger partial charge in [-0.15, -0.1) is 0 Å². The van der Waals surface area contributed by atoms with Gasteiger partial charge < -0.3 is 14.9 Å². The largest absolute Gasteiger partial charge is 0.462 e. The topological polar surface area (TPSA) is 48.4 Å². The highest BCUT2D eigenvalue weighted by Crippen LogP contribution is 2.30. The molecule has 1 atom stereocenters. The lowest BCUT2D eigenvalue weighted by Gasteiger charge is -2.12. The summed E-state index contributed by atoms with van der Waals surface area (Å²) in [6.07, 6.45) is 0. The molecular formula is C13H13Br2NO2. The van der Waals surface area contributed by atoms with Crippen LogP contribution in [0, 0.1) is 0 Å². The Balaban J connectivity index is 2.29.